The monoisotopic (exact) mass is 226 g/mol. The molecule has 1 rings (SSSR count). The first-order valence-corrected chi connectivity index (χ1v) is 6.33. The molecular weight excluding hydrogens is 208 g/mol. The first kappa shape index (κ1) is 12.3. The summed E-state index contributed by atoms with van der Waals surface area (Å²) < 4.78 is 0. The Bertz CT molecular complexity index is 275. The predicted octanol–water partition coefficient (Wildman–Crippen LogP) is 0.995. The lowest BCUT2D eigenvalue weighted by atomic mass is 10.4. The Morgan fingerprint density at radius 2 is 2.20 bits per heavy atom. The number of hydrogen-bond acceptors (Lipinski definition) is 5. The summed E-state index contributed by atoms with van der Waals surface area (Å²) >= 11 is 1.84. The molecule has 1 N–H and O–H groups in total. The molecule has 0 radical (unpaired) electrons. The van der Waals surface area contributed by atoms with E-state index in [0.717, 1.165) is 30.4 Å². The summed E-state index contributed by atoms with van der Waals surface area (Å²) in [4.78, 5) is 10.8. The Labute approximate surface area is 95.5 Å². The zero-order valence-corrected chi connectivity index (χ0v) is 10.3. The van der Waals surface area contributed by atoms with Crippen molar-refractivity contribution in [2.45, 2.75) is 6.54 Å². The molecule has 1 aromatic rings. The third-order valence-corrected chi connectivity index (χ3v) is 2.66. The van der Waals surface area contributed by atoms with E-state index in [-0.39, 0.29) is 0 Å². The van der Waals surface area contributed by atoms with E-state index in [9.17, 15) is 0 Å². The van der Waals surface area contributed by atoms with Crippen molar-refractivity contribution in [3.63, 3.8) is 0 Å². The van der Waals surface area contributed by atoms with Crippen molar-refractivity contribution >= 4 is 17.6 Å². The normalized spacial score (nSPS) is 10.3. The van der Waals surface area contributed by atoms with Crippen molar-refractivity contribution < 1.29 is 0 Å². The fourth-order valence-corrected chi connectivity index (χ4v) is 1.62. The van der Waals surface area contributed by atoms with Gasteiger partial charge in [0.25, 0.3) is 0 Å². The lowest BCUT2D eigenvalue weighted by Crippen LogP contribution is -2.21. The maximum Gasteiger partial charge on any atom is 0.146 e. The molecule has 4 nitrogen and oxygen atoms in total. The van der Waals surface area contributed by atoms with Gasteiger partial charge in [-0.25, -0.2) is 4.98 Å². The Balaban J connectivity index is 2.54. The molecule has 0 saturated carbocycles. The van der Waals surface area contributed by atoms with Crippen molar-refractivity contribution in [2.24, 2.45) is 0 Å². The van der Waals surface area contributed by atoms with E-state index in [1.807, 2.05) is 38.3 Å². The van der Waals surface area contributed by atoms with Gasteiger partial charge < -0.3 is 10.2 Å². The number of aromatic nitrogens is 2. The van der Waals surface area contributed by atoms with E-state index in [2.05, 4.69) is 26.4 Å². The summed E-state index contributed by atoms with van der Waals surface area (Å²) in [5.74, 6) is 2.04. The maximum absolute atomic E-state index is 4.36. The molecule has 0 bridgehead atoms. The minimum absolute atomic E-state index is 0.766. The first-order chi connectivity index (χ1) is 7.27. The molecule has 0 unspecified atom stereocenters. The van der Waals surface area contributed by atoms with Crippen LogP contribution in [0.5, 0.6) is 0 Å². The number of hydrogen-bond donors (Lipinski definition) is 1. The second kappa shape index (κ2) is 6.63. The zero-order chi connectivity index (χ0) is 11.1. The third-order valence-electron chi connectivity index (χ3n) is 2.07. The van der Waals surface area contributed by atoms with Gasteiger partial charge in [-0.2, -0.15) is 11.8 Å². The Kier molecular flexibility index (Phi) is 5.42. The van der Waals surface area contributed by atoms with E-state index in [1.165, 1.54) is 0 Å². The molecule has 0 atom stereocenters. The van der Waals surface area contributed by atoms with Crippen LogP contribution in [0.25, 0.3) is 0 Å². The lowest BCUT2D eigenvalue weighted by molar-refractivity contribution is 0.781. The van der Waals surface area contributed by atoms with Crippen molar-refractivity contribution in [1.82, 2.24) is 15.3 Å². The van der Waals surface area contributed by atoms with Crippen LogP contribution in [0.15, 0.2) is 12.4 Å². The Hall–Kier alpha value is -0.810. The highest BCUT2D eigenvalue weighted by atomic mass is 32.2. The van der Waals surface area contributed by atoms with Gasteiger partial charge in [-0.05, 0) is 13.3 Å². The molecule has 84 valence electrons. The van der Waals surface area contributed by atoms with Crippen molar-refractivity contribution in [3.05, 3.63) is 18.1 Å². The van der Waals surface area contributed by atoms with Crippen LogP contribution < -0.4 is 10.2 Å². The van der Waals surface area contributed by atoms with Gasteiger partial charge >= 0.3 is 0 Å². The quantitative estimate of drug-likeness (QED) is 0.783. The number of rotatable bonds is 6. The fourth-order valence-electron chi connectivity index (χ4n) is 1.16. The average Bonchev–Trinajstić information content (AvgIpc) is 2.27. The molecule has 1 heterocycles. The van der Waals surface area contributed by atoms with E-state index in [1.54, 1.807) is 0 Å². The van der Waals surface area contributed by atoms with Crippen LogP contribution in [0, 0.1) is 0 Å². The highest BCUT2D eigenvalue weighted by molar-refractivity contribution is 7.98. The number of thioether (sulfide) groups is 1. The van der Waals surface area contributed by atoms with Crippen LogP contribution in [0.3, 0.4) is 0 Å². The van der Waals surface area contributed by atoms with Gasteiger partial charge in [-0.15, -0.1) is 0 Å². The van der Waals surface area contributed by atoms with Gasteiger partial charge in [0.2, 0.25) is 0 Å². The minimum atomic E-state index is 0.766. The Morgan fingerprint density at radius 3 is 2.73 bits per heavy atom. The smallest absolute Gasteiger partial charge is 0.146 e. The van der Waals surface area contributed by atoms with Crippen LogP contribution >= 0.6 is 11.8 Å². The maximum atomic E-state index is 4.36. The standard InChI is InChI=1S/C10H18N4S/c1-11-6-9-7-13-10(8-12-9)14(2)4-5-15-3/h7-8,11H,4-6H2,1-3H3. The van der Waals surface area contributed by atoms with E-state index in [4.69, 9.17) is 0 Å². The van der Waals surface area contributed by atoms with Gasteiger partial charge in [-0.1, -0.05) is 0 Å². The van der Waals surface area contributed by atoms with Crippen molar-refractivity contribution in [1.29, 1.82) is 0 Å². The number of anilines is 1. The van der Waals surface area contributed by atoms with Crippen LogP contribution in [-0.2, 0) is 6.54 Å². The number of nitrogens with zero attached hydrogens (tertiary/aromatic N) is 3. The minimum Gasteiger partial charge on any atom is -0.358 e. The molecule has 0 fully saturated rings. The molecule has 0 aliphatic rings. The molecule has 0 aliphatic heterocycles. The van der Waals surface area contributed by atoms with E-state index >= 15 is 0 Å². The van der Waals surface area contributed by atoms with Gasteiger partial charge in [0.05, 0.1) is 18.1 Å². The van der Waals surface area contributed by atoms with Gasteiger partial charge in [0, 0.05) is 25.9 Å². The van der Waals surface area contributed by atoms with Crippen LogP contribution in [0.2, 0.25) is 0 Å². The molecule has 0 aromatic carbocycles. The SMILES string of the molecule is CNCc1cnc(N(C)CCSC)cn1. The average molecular weight is 226 g/mol. The van der Waals surface area contributed by atoms with Gasteiger partial charge in [0.1, 0.15) is 5.82 Å². The first-order valence-electron chi connectivity index (χ1n) is 4.93. The summed E-state index contributed by atoms with van der Waals surface area (Å²) in [6, 6.07) is 0. The molecule has 5 heteroatoms. The van der Waals surface area contributed by atoms with Crippen molar-refractivity contribution in [3.8, 4) is 0 Å². The summed E-state index contributed by atoms with van der Waals surface area (Å²) in [6.45, 7) is 1.77. The van der Waals surface area contributed by atoms with Crippen LogP contribution in [-0.4, -0.2) is 42.6 Å². The second-order valence-corrected chi connectivity index (χ2v) is 4.30. The molecular formula is C10H18N4S. The highest BCUT2D eigenvalue weighted by Crippen LogP contribution is 2.07. The third kappa shape index (κ3) is 4.05. The van der Waals surface area contributed by atoms with Gasteiger partial charge in [0.15, 0.2) is 0 Å². The molecule has 0 spiro atoms. The Morgan fingerprint density at radius 1 is 1.40 bits per heavy atom. The second-order valence-electron chi connectivity index (χ2n) is 3.31. The summed E-state index contributed by atoms with van der Waals surface area (Å²) in [7, 11) is 3.94. The largest absolute Gasteiger partial charge is 0.358 e. The molecule has 1 aromatic heterocycles. The fraction of sp³-hybridized carbons (Fsp3) is 0.600. The molecule has 0 saturated heterocycles. The lowest BCUT2D eigenvalue weighted by Gasteiger charge is -2.16. The number of nitrogens with one attached hydrogen (secondary N) is 1. The van der Waals surface area contributed by atoms with E-state index in [0.29, 0.717) is 0 Å². The topological polar surface area (TPSA) is 41.1 Å². The molecule has 0 aliphatic carbocycles. The predicted molar refractivity (Wildman–Crippen MR) is 66.4 cm³/mol. The van der Waals surface area contributed by atoms with Crippen LogP contribution in [0.1, 0.15) is 5.69 Å². The van der Waals surface area contributed by atoms with Crippen molar-refractivity contribution in [2.75, 3.05) is 37.5 Å². The summed E-state index contributed by atoms with van der Waals surface area (Å²) in [5.41, 5.74) is 0.972. The molecule has 15 heavy (non-hydrogen) atoms. The highest BCUT2D eigenvalue weighted by Gasteiger charge is 2.02. The summed E-state index contributed by atoms with van der Waals surface area (Å²) in [6.07, 6.45) is 5.75. The zero-order valence-electron chi connectivity index (χ0n) is 9.53. The molecule has 0 amide bonds. The summed E-state index contributed by atoms with van der Waals surface area (Å²) in [5, 5.41) is 3.05. The van der Waals surface area contributed by atoms with Crippen LogP contribution in [0.4, 0.5) is 5.82 Å². The van der Waals surface area contributed by atoms with E-state index < -0.39 is 0 Å². The van der Waals surface area contributed by atoms with Gasteiger partial charge in [-0.3, -0.25) is 4.98 Å².